The van der Waals surface area contributed by atoms with Gasteiger partial charge in [0.05, 0.1) is 9.79 Å². The van der Waals surface area contributed by atoms with Gasteiger partial charge in [0.25, 0.3) is 0 Å². The third-order valence-electron chi connectivity index (χ3n) is 11.6. The number of aryl methyl sites for hydroxylation is 1. The summed E-state index contributed by atoms with van der Waals surface area (Å²) in [4.78, 5) is 21.6. The van der Waals surface area contributed by atoms with Crippen LogP contribution in [-0.2, 0) is 33.0 Å². The number of aromatic nitrogens is 2. The highest BCUT2D eigenvalue weighted by atomic mass is 32.2. The van der Waals surface area contributed by atoms with E-state index >= 15 is 0 Å². The van der Waals surface area contributed by atoms with Crippen LogP contribution in [0.3, 0.4) is 0 Å². The molecule has 2 atom stereocenters. The maximum absolute atomic E-state index is 14.9. The third-order valence-corrected chi connectivity index (χ3v) is 13.4. The molecule has 273 valence electrons. The molecule has 7 rings (SSSR count). The van der Waals surface area contributed by atoms with Gasteiger partial charge in [-0.05, 0) is 123 Å². The molecule has 1 radical (unpaired) electrons. The number of hydrogen-bond acceptors (Lipinski definition) is 6. The zero-order chi connectivity index (χ0) is 36.3. The number of nitrogens with zero attached hydrogens (tertiary/aromatic N) is 4. The number of carbonyl (C=O) groups excluding carboxylic acids is 1. The minimum atomic E-state index is -3.75. The Morgan fingerprint density at radius 3 is 2.48 bits per heavy atom. The standard InChI is InChI=1S/C42H49FN5O3S/c1-3-40-44-21-24-47(40)30-42(32-9-5-6-10-32,34-11-7-12-35(43)25-34)33-19-22-46(23-20-33)27-31-28-48(29-31)37-15-17-38(18-16-37)52(50,51)39-14-8-13-36(26-39)45-41(49)4-2/h4,7-9,11-18,21,24-26,31-33H,2-3,5-6,10,19-20,22-23,27-30H2,1H3,(H,45,49)/t32-,42-/m1/s1. The topological polar surface area (TPSA) is 87.5 Å². The van der Waals surface area contributed by atoms with E-state index in [1.165, 1.54) is 18.6 Å². The van der Waals surface area contributed by atoms with E-state index in [1.807, 2.05) is 24.4 Å². The molecule has 52 heavy (non-hydrogen) atoms. The summed E-state index contributed by atoms with van der Waals surface area (Å²) in [5, 5.41) is 2.62. The molecule has 3 heterocycles. The fourth-order valence-corrected chi connectivity index (χ4v) is 10.3. The highest BCUT2D eigenvalue weighted by Gasteiger charge is 2.49. The van der Waals surface area contributed by atoms with Crippen LogP contribution in [0.2, 0.25) is 0 Å². The summed E-state index contributed by atoms with van der Waals surface area (Å²) in [5.41, 5.74) is 2.35. The molecule has 4 aromatic rings. The van der Waals surface area contributed by atoms with Gasteiger partial charge in [-0.25, -0.2) is 17.8 Å². The maximum Gasteiger partial charge on any atom is 0.247 e. The lowest BCUT2D eigenvalue weighted by atomic mass is 9.59. The number of imidazole rings is 1. The quantitative estimate of drug-likeness (QED) is 0.146. The van der Waals surface area contributed by atoms with Crippen LogP contribution in [0.15, 0.2) is 108 Å². The number of amides is 1. The number of nitrogens with one attached hydrogen (secondary N) is 1. The fraction of sp³-hybridized carbons (Fsp3) is 0.405. The first-order valence-electron chi connectivity index (χ1n) is 18.6. The van der Waals surface area contributed by atoms with E-state index in [0.29, 0.717) is 23.4 Å². The summed E-state index contributed by atoms with van der Waals surface area (Å²) in [7, 11) is -3.75. The van der Waals surface area contributed by atoms with E-state index in [4.69, 9.17) is 0 Å². The van der Waals surface area contributed by atoms with Crippen LogP contribution in [0.5, 0.6) is 0 Å². The van der Waals surface area contributed by atoms with Crippen LogP contribution in [0.25, 0.3) is 0 Å². The minimum Gasteiger partial charge on any atom is -0.371 e. The third kappa shape index (κ3) is 7.33. The lowest BCUT2D eigenvalue weighted by Crippen LogP contribution is -2.54. The molecule has 1 N–H and O–H groups in total. The van der Waals surface area contributed by atoms with Crippen molar-refractivity contribution in [2.24, 2.45) is 17.8 Å². The highest BCUT2D eigenvalue weighted by molar-refractivity contribution is 7.91. The van der Waals surface area contributed by atoms with Crippen LogP contribution in [0.1, 0.15) is 50.4 Å². The average Bonchev–Trinajstić information content (AvgIpc) is 3.85. The monoisotopic (exact) mass is 722 g/mol. The first-order chi connectivity index (χ1) is 25.2. The van der Waals surface area contributed by atoms with Crippen LogP contribution < -0.4 is 10.2 Å². The highest BCUT2D eigenvalue weighted by Crippen LogP contribution is 2.51. The van der Waals surface area contributed by atoms with Gasteiger partial charge in [0.15, 0.2) is 0 Å². The van der Waals surface area contributed by atoms with Crippen molar-refractivity contribution in [1.29, 1.82) is 0 Å². The number of halogens is 1. The van der Waals surface area contributed by atoms with Crippen molar-refractivity contribution >= 4 is 27.1 Å². The van der Waals surface area contributed by atoms with E-state index < -0.39 is 15.7 Å². The average molecular weight is 723 g/mol. The van der Waals surface area contributed by atoms with E-state index in [0.717, 1.165) is 94.5 Å². The Balaban J connectivity index is 0.986. The van der Waals surface area contributed by atoms with Crippen LogP contribution in [0, 0.1) is 30.0 Å². The summed E-state index contributed by atoms with van der Waals surface area (Å²) in [6.45, 7) is 11.4. The van der Waals surface area contributed by atoms with Crippen LogP contribution in [-0.4, -0.2) is 61.5 Å². The Labute approximate surface area is 307 Å². The molecule has 0 bridgehead atoms. The first-order valence-corrected chi connectivity index (χ1v) is 20.1. The number of piperidine rings is 1. The Kier molecular flexibility index (Phi) is 10.7. The Hall–Kier alpha value is -4.28. The number of carbonyl (C=O) groups is 1. The smallest absolute Gasteiger partial charge is 0.247 e. The van der Waals surface area contributed by atoms with Gasteiger partial charge in [-0.3, -0.25) is 4.79 Å². The van der Waals surface area contributed by atoms with Crippen molar-refractivity contribution in [3.8, 4) is 0 Å². The van der Waals surface area contributed by atoms with Crippen LogP contribution in [0.4, 0.5) is 15.8 Å². The molecule has 0 spiro atoms. The van der Waals surface area contributed by atoms with Crippen molar-refractivity contribution in [1.82, 2.24) is 14.5 Å². The van der Waals surface area contributed by atoms with Gasteiger partial charge in [-0.15, -0.1) is 0 Å². The number of rotatable bonds is 13. The van der Waals surface area contributed by atoms with Crippen molar-refractivity contribution in [2.45, 2.75) is 67.2 Å². The van der Waals surface area contributed by atoms with Gasteiger partial charge in [-0.2, -0.15) is 0 Å². The summed E-state index contributed by atoms with van der Waals surface area (Å²) in [6, 6.07) is 20.8. The summed E-state index contributed by atoms with van der Waals surface area (Å²) in [5.74, 6) is 1.90. The van der Waals surface area contributed by atoms with Gasteiger partial charge in [0.1, 0.15) is 11.6 Å². The largest absolute Gasteiger partial charge is 0.371 e. The summed E-state index contributed by atoms with van der Waals surface area (Å²) < 4.78 is 44.0. The zero-order valence-corrected chi connectivity index (χ0v) is 30.8. The number of likely N-dealkylation sites (tertiary alicyclic amines) is 1. The fourth-order valence-electron chi connectivity index (χ4n) is 8.99. The van der Waals surface area contributed by atoms with E-state index in [1.54, 1.807) is 36.4 Å². The SMILES string of the molecule is C=CC(=O)Nc1cccc(S(=O)(=O)c2ccc(N3CC(CN4CCC([C@](Cn5ccnc5CC)(c5cccc(F)c5)[C@@H]5[CH]CCC5)CC4)C3)cc2)c1. The molecule has 1 aromatic heterocycles. The molecule has 10 heteroatoms. The second kappa shape index (κ2) is 15.4. The Morgan fingerprint density at radius 1 is 1.02 bits per heavy atom. The van der Waals surface area contributed by atoms with Crippen molar-refractivity contribution < 1.29 is 17.6 Å². The van der Waals surface area contributed by atoms with E-state index in [9.17, 15) is 17.6 Å². The number of benzene rings is 3. The maximum atomic E-state index is 14.9. The van der Waals surface area contributed by atoms with Crippen molar-refractivity contribution in [2.75, 3.05) is 42.9 Å². The lowest BCUT2D eigenvalue weighted by molar-refractivity contribution is -0.111. The van der Waals surface area contributed by atoms with Gasteiger partial charge >= 0.3 is 0 Å². The second-order valence-electron chi connectivity index (χ2n) is 14.7. The Bertz CT molecular complexity index is 1980. The molecule has 3 aromatic carbocycles. The lowest BCUT2D eigenvalue weighted by Gasteiger charge is -2.50. The van der Waals surface area contributed by atoms with Gasteiger partial charge in [-0.1, -0.05) is 38.1 Å². The Morgan fingerprint density at radius 2 is 1.79 bits per heavy atom. The van der Waals surface area contributed by atoms with Crippen LogP contribution >= 0.6 is 0 Å². The number of hydrogen-bond donors (Lipinski definition) is 1. The summed E-state index contributed by atoms with van der Waals surface area (Å²) >= 11 is 0. The van der Waals surface area contributed by atoms with Gasteiger partial charge in [0, 0.05) is 67.7 Å². The van der Waals surface area contributed by atoms with Crippen molar-refractivity contribution in [3.05, 3.63) is 121 Å². The molecule has 2 aliphatic heterocycles. The molecule has 8 nitrogen and oxygen atoms in total. The van der Waals surface area contributed by atoms with Crippen molar-refractivity contribution in [3.63, 3.8) is 0 Å². The summed E-state index contributed by atoms with van der Waals surface area (Å²) in [6.07, 6.45) is 14.1. The zero-order valence-electron chi connectivity index (χ0n) is 30.0. The predicted octanol–water partition coefficient (Wildman–Crippen LogP) is 7.33. The van der Waals surface area contributed by atoms with Gasteiger partial charge < -0.3 is 19.7 Å². The minimum absolute atomic E-state index is 0.122. The molecule has 1 saturated carbocycles. The normalized spacial score (nSPS) is 18.9. The molecule has 3 aliphatic rings. The second-order valence-corrected chi connectivity index (χ2v) is 16.7. The number of sulfone groups is 1. The molecular weight excluding hydrogens is 674 g/mol. The molecule has 3 fully saturated rings. The first kappa shape index (κ1) is 36.1. The molecule has 1 aliphatic carbocycles. The van der Waals surface area contributed by atoms with E-state index in [2.05, 4.69) is 56.9 Å². The molecule has 1 amide bonds. The molecular formula is C42H49FN5O3S. The van der Waals surface area contributed by atoms with E-state index in [-0.39, 0.29) is 21.0 Å². The van der Waals surface area contributed by atoms with Gasteiger partial charge in [0.2, 0.25) is 15.7 Å². The number of anilines is 2. The predicted molar refractivity (Wildman–Crippen MR) is 203 cm³/mol. The molecule has 2 saturated heterocycles. The molecule has 0 unspecified atom stereocenters.